The molecule has 3 heteroatoms. The van der Waals surface area contributed by atoms with Crippen molar-refractivity contribution in [2.45, 2.75) is 26.8 Å². The molecule has 0 radical (unpaired) electrons. The summed E-state index contributed by atoms with van der Waals surface area (Å²) in [5.41, 5.74) is 2.26. The first-order valence-corrected chi connectivity index (χ1v) is 6.83. The van der Waals surface area contributed by atoms with E-state index in [1.165, 1.54) is 5.56 Å². The van der Waals surface area contributed by atoms with Crippen molar-refractivity contribution >= 4 is 15.9 Å². The molecule has 1 nitrogen and oxygen atoms in total. The van der Waals surface area contributed by atoms with E-state index in [-0.39, 0.29) is 5.82 Å². The summed E-state index contributed by atoms with van der Waals surface area (Å²) in [6, 6.07) is 5.04. The standard InChI is InChI=1S/C13H19BrFN/c1-3-7-16(8-6-14)10-12-4-5-13(15)9-11(12)2/h4-5,9H,3,6-8,10H2,1-2H3. The van der Waals surface area contributed by atoms with E-state index in [0.29, 0.717) is 0 Å². The summed E-state index contributed by atoms with van der Waals surface area (Å²) in [4.78, 5) is 2.38. The molecule has 0 aliphatic carbocycles. The Bertz CT molecular complexity index is 322. The van der Waals surface area contributed by atoms with E-state index in [1.807, 2.05) is 13.0 Å². The quantitative estimate of drug-likeness (QED) is 0.721. The van der Waals surface area contributed by atoms with Gasteiger partial charge < -0.3 is 0 Å². The molecule has 0 spiro atoms. The molecule has 90 valence electrons. The number of alkyl halides is 1. The fraction of sp³-hybridized carbons (Fsp3) is 0.538. The summed E-state index contributed by atoms with van der Waals surface area (Å²) in [6.45, 7) is 7.17. The Morgan fingerprint density at radius 1 is 1.31 bits per heavy atom. The lowest BCUT2D eigenvalue weighted by atomic mass is 10.1. The van der Waals surface area contributed by atoms with Crippen LogP contribution in [0.25, 0.3) is 0 Å². The van der Waals surface area contributed by atoms with Crippen molar-refractivity contribution in [1.29, 1.82) is 0 Å². The summed E-state index contributed by atoms with van der Waals surface area (Å²) in [6.07, 6.45) is 1.15. The molecule has 0 aromatic heterocycles. The molecule has 0 unspecified atom stereocenters. The van der Waals surface area contributed by atoms with Crippen LogP contribution in [0.15, 0.2) is 18.2 Å². The lowest BCUT2D eigenvalue weighted by molar-refractivity contribution is 0.283. The van der Waals surface area contributed by atoms with E-state index in [4.69, 9.17) is 0 Å². The van der Waals surface area contributed by atoms with E-state index in [9.17, 15) is 4.39 Å². The van der Waals surface area contributed by atoms with Crippen molar-refractivity contribution < 1.29 is 4.39 Å². The Morgan fingerprint density at radius 2 is 2.06 bits per heavy atom. The van der Waals surface area contributed by atoms with Gasteiger partial charge in [-0.15, -0.1) is 0 Å². The molecule has 0 heterocycles. The SMILES string of the molecule is CCCN(CCBr)Cc1ccc(F)cc1C. The third-order valence-corrected chi connectivity index (χ3v) is 2.99. The molecule has 0 aliphatic heterocycles. The van der Waals surface area contributed by atoms with E-state index >= 15 is 0 Å². The third-order valence-electron chi connectivity index (χ3n) is 2.64. The molecule has 0 atom stereocenters. The van der Waals surface area contributed by atoms with Crippen LogP contribution >= 0.6 is 15.9 Å². The van der Waals surface area contributed by atoms with Crippen LogP contribution in [0.5, 0.6) is 0 Å². The second kappa shape index (κ2) is 7.02. The highest BCUT2D eigenvalue weighted by Gasteiger charge is 2.06. The summed E-state index contributed by atoms with van der Waals surface area (Å²) < 4.78 is 13.0. The first-order chi connectivity index (χ1) is 7.67. The zero-order chi connectivity index (χ0) is 12.0. The molecule has 1 aromatic carbocycles. The number of hydrogen-bond acceptors (Lipinski definition) is 1. The van der Waals surface area contributed by atoms with Gasteiger partial charge in [-0.25, -0.2) is 4.39 Å². The largest absolute Gasteiger partial charge is 0.298 e. The van der Waals surface area contributed by atoms with E-state index in [0.717, 1.165) is 36.9 Å². The highest BCUT2D eigenvalue weighted by Crippen LogP contribution is 2.13. The molecule has 0 saturated carbocycles. The van der Waals surface area contributed by atoms with Gasteiger partial charge in [0.15, 0.2) is 0 Å². The molecule has 0 fully saturated rings. The van der Waals surface area contributed by atoms with Crippen LogP contribution in [0.4, 0.5) is 4.39 Å². The Labute approximate surface area is 106 Å². The van der Waals surface area contributed by atoms with Crippen LogP contribution in [-0.2, 0) is 6.54 Å². The van der Waals surface area contributed by atoms with Crippen molar-refractivity contribution in [3.05, 3.63) is 35.1 Å². The van der Waals surface area contributed by atoms with Gasteiger partial charge in [-0.1, -0.05) is 28.9 Å². The van der Waals surface area contributed by atoms with Crippen LogP contribution in [0.3, 0.4) is 0 Å². The fourth-order valence-electron chi connectivity index (χ4n) is 1.78. The summed E-state index contributed by atoms with van der Waals surface area (Å²) in [5, 5.41) is 0.979. The molecule has 16 heavy (non-hydrogen) atoms. The van der Waals surface area contributed by atoms with Crippen LogP contribution in [-0.4, -0.2) is 23.3 Å². The topological polar surface area (TPSA) is 3.24 Å². The monoisotopic (exact) mass is 287 g/mol. The maximum absolute atomic E-state index is 13.0. The zero-order valence-corrected chi connectivity index (χ0v) is 11.6. The number of hydrogen-bond donors (Lipinski definition) is 0. The Hall–Kier alpha value is -0.410. The second-order valence-corrected chi connectivity index (χ2v) is 4.83. The molecular formula is C13H19BrFN. The molecule has 0 N–H and O–H groups in total. The Balaban J connectivity index is 2.68. The Morgan fingerprint density at radius 3 is 2.62 bits per heavy atom. The average Bonchev–Trinajstić information content (AvgIpc) is 2.23. The number of benzene rings is 1. The molecule has 0 bridgehead atoms. The van der Waals surface area contributed by atoms with Crippen molar-refractivity contribution in [2.75, 3.05) is 18.4 Å². The van der Waals surface area contributed by atoms with Gasteiger partial charge in [0.1, 0.15) is 5.82 Å². The highest BCUT2D eigenvalue weighted by atomic mass is 79.9. The van der Waals surface area contributed by atoms with Gasteiger partial charge in [0, 0.05) is 18.4 Å². The van der Waals surface area contributed by atoms with Gasteiger partial charge in [0.05, 0.1) is 0 Å². The minimum absolute atomic E-state index is 0.149. The van der Waals surface area contributed by atoms with Crippen molar-refractivity contribution in [3.63, 3.8) is 0 Å². The molecule has 0 amide bonds. The summed E-state index contributed by atoms with van der Waals surface area (Å²) in [5.74, 6) is -0.149. The normalized spacial score (nSPS) is 11.1. The zero-order valence-electron chi connectivity index (χ0n) is 9.97. The van der Waals surface area contributed by atoms with Crippen LogP contribution in [0.1, 0.15) is 24.5 Å². The first-order valence-electron chi connectivity index (χ1n) is 5.70. The van der Waals surface area contributed by atoms with Gasteiger partial charge in [0.2, 0.25) is 0 Å². The maximum Gasteiger partial charge on any atom is 0.123 e. The third kappa shape index (κ3) is 4.22. The summed E-state index contributed by atoms with van der Waals surface area (Å²) in [7, 11) is 0. The molecule has 1 rings (SSSR count). The van der Waals surface area contributed by atoms with Gasteiger partial charge in [-0.05, 0) is 43.1 Å². The smallest absolute Gasteiger partial charge is 0.123 e. The average molecular weight is 288 g/mol. The van der Waals surface area contributed by atoms with Gasteiger partial charge in [0.25, 0.3) is 0 Å². The minimum Gasteiger partial charge on any atom is -0.298 e. The minimum atomic E-state index is -0.149. The van der Waals surface area contributed by atoms with Crippen LogP contribution in [0, 0.1) is 12.7 Å². The second-order valence-electron chi connectivity index (χ2n) is 4.04. The van der Waals surface area contributed by atoms with Gasteiger partial charge >= 0.3 is 0 Å². The number of nitrogens with zero attached hydrogens (tertiary/aromatic N) is 1. The van der Waals surface area contributed by atoms with Gasteiger partial charge in [-0.2, -0.15) is 0 Å². The molecule has 0 aliphatic rings. The highest BCUT2D eigenvalue weighted by molar-refractivity contribution is 9.09. The predicted octanol–water partition coefficient (Wildman–Crippen LogP) is 3.74. The first kappa shape index (κ1) is 13.7. The summed E-state index contributed by atoms with van der Waals surface area (Å²) >= 11 is 3.46. The molecule has 1 aromatic rings. The van der Waals surface area contributed by atoms with Crippen LogP contribution < -0.4 is 0 Å². The lowest BCUT2D eigenvalue weighted by Crippen LogP contribution is -2.26. The molecule has 0 saturated heterocycles. The number of aryl methyl sites for hydroxylation is 1. The molecular weight excluding hydrogens is 269 g/mol. The van der Waals surface area contributed by atoms with E-state index < -0.39 is 0 Å². The number of rotatable bonds is 6. The van der Waals surface area contributed by atoms with E-state index in [1.54, 1.807) is 12.1 Å². The predicted molar refractivity (Wildman–Crippen MR) is 70.5 cm³/mol. The van der Waals surface area contributed by atoms with Crippen molar-refractivity contribution in [1.82, 2.24) is 4.90 Å². The van der Waals surface area contributed by atoms with E-state index in [2.05, 4.69) is 27.8 Å². The van der Waals surface area contributed by atoms with Crippen molar-refractivity contribution in [2.24, 2.45) is 0 Å². The number of halogens is 2. The lowest BCUT2D eigenvalue weighted by Gasteiger charge is -2.21. The van der Waals surface area contributed by atoms with Crippen molar-refractivity contribution in [3.8, 4) is 0 Å². The maximum atomic E-state index is 13.0. The Kier molecular flexibility index (Phi) is 5.99. The van der Waals surface area contributed by atoms with Crippen LogP contribution in [0.2, 0.25) is 0 Å². The fourth-order valence-corrected chi connectivity index (χ4v) is 2.28. The van der Waals surface area contributed by atoms with Gasteiger partial charge in [-0.3, -0.25) is 4.90 Å².